The van der Waals surface area contributed by atoms with Crippen molar-refractivity contribution in [3.8, 4) is 0 Å². The SMILES string of the molecule is NCCc1cc2ccc(C(F)(F)F)cc2o1. The lowest BCUT2D eigenvalue weighted by molar-refractivity contribution is -0.137. The molecule has 1 aromatic carbocycles. The standard InChI is InChI=1S/C11H10F3NO/c12-11(13,14)8-2-1-7-5-9(3-4-15)16-10(7)6-8/h1-2,5-6H,3-4,15H2. The first kappa shape index (κ1) is 11.0. The van der Waals surface area contributed by atoms with Crippen LogP contribution in [0.3, 0.4) is 0 Å². The number of fused-ring (bicyclic) bond motifs is 1. The van der Waals surface area contributed by atoms with Crippen LogP contribution in [0.25, 0.3) is 11.0 Å². The van der Waals surface area contributed by atoms with Crippen LogP contribution in [0, 0.1) is 0 Å². The Labute approximate surface area is 89.8 Å². The van der Waals surface area contributed by atoms with Crippen LogP contribution in [0.4, 0.5) is 13.2 Å². The monoisotopic (exact) mass is 229 g/mol. The van der Waals surface area contributed by atoms with E-state index in [9.17, 15) is 13.2 Å². The molecule has 0 bridgehead atoms. The Morgan fingerprint density at radius 2 is 1.94 bits per heavy atom. The average molecular weight is 229 g/mol. The van der Waals surface area contributed by atoms with Gasteiger partial charge in [0.25, 0.3) is 0 Å². The second-order valence-corrected chi connectivity index (χ2v) is 3.50. The molecule has 0 unspecified atom stereocenters. The van der Waals surface area contributed by atoms with Crippen LogP contribution in [0.2, 0.25) is 0 Å². The molecule has 86 valence electrons. The molecule has 16 heavy (non-hydrogen) atoms. The summed E-state index contributed by atoms with van der Waals surface area (Å²) in [6.45, 7) is 0.409. The molecule has 0 fully saturated rings. The van der Waals surface area contributed by atoms with Gasteiger partial charge in [-0.05, 0) is 24.7 Å². The minimum absolute atomic E-state index is 0.248. The van der Waals surface area contributed by atoms with Gasteiger partial charge in [-0.3, -0.25) is 0 Å². The number of nitrogens with two attached hydrogens (primary N) is 1. The van der Waals surface area contributed by atoms with E-state index in [0.717, 1.165) is 12.1 Å². The summed E-state index contributed by atoms with van der Waals surface area (Å²) in [6.07, 6.45) is -3.81. The van der Waals surface area contributed by atoms with Crippen LogP contribution in [0.15, 0.2) is 28.7 Å². The molecule has 0 aliphatic carbocycles. The predicted octanol–water partition coefficient (Wildman–Crippen LogP) is 2.95. The molecule has 2 nitrogen and oxygen atoms in total. The van der Waals surface area contributed by atoms with Crippen molar-refractivity contribution >= 4 is 11.0 Å². The van der Waals surface area contributed by atoms with Gasteiger partial charge in [-0.1, -0.05) is 6.07 Å². The zero-order chi connectivity index (χ0) is 11.8. The Hall–Kier alpha value is -1.49. The van der Waals surface area contributed by atoms with E-state index >= 15 is 0 Å². The zero-order valence-electron chi connectivity index (χ0n) is 8.34. The van der Waals surface area contributed by atoms with Crippen molar-refractivity contribution in [3.05, 3.63) is 35.6 Å². The topological polar surface area (TPSA) is 39.2 Å². The molecular weight excluding hydrogens is 219 g/mol. The van der Waals surface area contributed by atoms with E-state index in [1.165, 1.54) is 6.07 Å². The molecule has 0 saturated heterocycles. The molecule has 0 spiro atoms. The molecule has 0 aliphatic rings. The summed E-state index contributed by atoms with van der Waals surface area (Å²) in [7, 11) is 0. The van der Waals surface area contributed by atoms with Gasteiger partial charge in [-0.15, -0.1) is 0 Å². The summed E-state index contributed by atoms with van der Waals surface area (Å²) in [4.78, 5) is 0. The molecule has 0 radical (unpaired) electrons. The molecule has 0 saturated carbocycles. The first-order valence-corrected chi connectivity index (χ1v) is 4.80. The zero-order valence-corrected chi connectivity index (χ0v) is 8.34. The van der Waals surface area contributed by atoms with Gasteiger partial charge in [-0.25, -0.2) is 0 Å². The summed E-state index contributed by atoms with van der Waals surface area (Å²) >= 11 is 0. The fourth-order valence-electron chi connectivity index (χ4n) is 1.53. The lowest BCUT2D eigenvalue weighted by atomic mass is 10.1. The maximum absolute atomic E-state index is 12.4. The lowest BCUT2D eigenvalue weighted by Crippen LogP contribution is -2.03. The third-order valence-electron chi connectivity index (χ3n) is 2.29. The molecule has 0 aliphatic heterocycles. The number of benzene rings is 1. The normalized spacial score (nSPS) is 12.2. The lowest BCUT2D eigenvalue weighted by Gasteiger charge is -2.04. The van der Waals surface area contributed by atoms with Crippen LogP contribution >= 0.6 is 0 Å². The van der Waals surface area contributed by atoms with Gasteiger partial charge in [0, 0.05) is 11.8 Å². The van der Waals surface area contributed by atoms with Gasteiger partial charge < -0.3 is 10.2 Å². The molecule has 0 atom stereocenters. The Bertz CT molecular complexity index is 501. The van der Waals surface area contributed by atoms with Crippen LogP contribution in [0.5, 0.6) is 0 Å². The predicted molar refractivity (Wildman–Crippen MR) is 54.0 cm³/mol. The van der Waals surface area contributed by atoms with Gasteiger partial charge >= 0.3 is 6.18 Å². The average Bonchev–Trinajstić information content (AvgIpc) is 2.57. The summed E-state index contributed by atoms with van der Waals surface area (Å²) in [5.74, 6) is 0.608. The highest BCUT2D eigenvalue weighted by molar-refractivity contribution is 5.78. The Balaban J connectivity index is 2.46. The fourth-order valence-corrected chi connectivity index (χ4v) is 1.53. The van der Waals surface area contributed by atoms with E-state index in [2.05, 4.69) is 0 Å². The van der Waals surface area contributed by atoms with Crippen molar-refractivity contribution in [2.45, 2.75) is 12.6 Å². The largest absolute Gasteiger partial charge is 0.461 e. The van der Waals surface area contributed by atoms with E-state index < -0.39 is 11.7 Å². The van der Waals surface area contributed by atoms with Crippen molar-refractivity contribution in [1.82, 2.24) is 0 Å². The molecular formula is C11H10F3NO. The fraction of sp³-hybridized carbons (Fsp3) is 0.273. The molecule has 1 aromatic heterocycles. The van der Waals surface area contributed by atoms with Crippen molar-refractivity contribution < 1.29 is 17.6 Å². The van der Waals surface area contributed by atoms with Crippen molar-refractivity contribution in [2.75, 3.05) is 6.54 Å². The van der Waals surface area contributed by atoms with Gasteiger partial charge in [0.1, 0.15) is 11.3 Å². The molecule has 0 amide bonds. The highest BCUT2D eigenvalue weighted by atomic mass is 19.4. The molecule has 5 heteroatoms. The van der Waals surface area contributed by atoms with Crippen molar-refractivity contribution in [1.29, 1.82) is 0 Å². The van der Waals surface area contributed by atoms with E-state index in [1.807, 2.05) is 0 Å². The Kier molecular flexibility index (Phi) is 2.63. The number of furan rings is 1. The van der Waals surface area contributed by atoms with Crippen molar-refractivity contribution in [2.24, 2.45) is 5.73 Å². The smallest absolute Gasteiger partial charge is 0.416 e. The minimum atomic E-state index is -4.34. The highest BCUT2D eigenvalue weighted by Crippen LogP contribution is 2.32. The number of rotatable bonds is 2. The Morgan fingerprint density at radius 3 is 2.56 bits per heavy atom. The van der Waals surface area contributed by atoms with Gasteiger partial charge in [0.05, 0.1) is 5.56 Å². The third-order valence-corrected chi connectivity index (χ3v) is 2.29. The molecule has 2 N–H and O–H groups in total. The maximum Gasteiger partial charge on any atom is 0.416 e. The third kappa shape index (κ3) is 2.04. The van der Waals surface area contributed by atoms with Crippen molar-refractivity contribution in [3.63, 3.8) is 0 Å². The highest BCUT2D eigenvalue weighted by Gasteiger charge is 2.30. The van der Waals surface area contributed by atoms with E-state index in [-0.39, 0.29) is 5.58 Å². The van der Waals surface area contributed by atoms with Gasteiger partial charge in [0.15, 0.2) is 0 Å². The Morgan fingerprint density at radius 1 is 1.19 bits per heavy atom. The quantitative estimate of drug-likeness (QED) is 0.859. The molecule has 1 heterocycles. The number of hydrogen-bond acceptors (Lipinski definition) is 2. The first-order chi connectivity index (χ1) is 7.50. The van der Waals surface area contributed by atoms with E-state index in [4.69, 9.17) is 10.2 Å². The summed E-state index contributed by atoms with van der Waals surface area (Å²) in [6, 6.07) is 5.17. The first-order valence-electron chi connectivity index (χ1n) is 4.80. The van der Waals surface area contributed by atoms with E-state index in [0.29, 0.717) is 24.1 Å². The summed E-state index contributed by atoms with van der Waals surface area (Å²) < 4.78 is 42.5. The maximum atomic E-state index is 12.4. The van der Waals surface area contributed by atoms with Crippen LogP contribution in [0.1, 0.15) is 11.3 Å². The molecule has 2 aromatic rings. The number of alkyl halides is 3. The van der Waals surface area contributed by atoms with Gasteiger partial charge in [-0.2, -0.15) is 13.2 Å². The minimum Gasteiger partial charge on any atom is -0.461 e. The van der Waals surface area contributed by atoms with E-state index in [1.54, 1.807) is 6.07 Å². The second-order valence-electron chi connectivity index (χ2n) is 3.50. The second kappa shape index (κ2) is 3.83. The van der Waals surface area contributed by atoms with Crippen LogP contribution in [-0.2, 0) is 12.6 Å². The van der Waals surface area contributed by atoms with Crippen LogP contribution < -0.4 is 5.73 Å². The summed E-state index contributed by atoms with van der Waals surface area (Å²) in [5, 5.41) is 0.663. The summed E-state index contributed by atoms with van der Waals surface area (Å²) in [5.41, 5.74) is 4.89. The van der Waals surface area contributed by atoms with Gasteiger partial charge in [0.2, 0.25) is 0 Å². The van der Waals surface area contributed by atoms with Crippen LogP contribution in [-0.4, -0.2) is 6.54 Å². The number of halogens is 3. The molecule has 2 rings (SSSR count). The number of hydrogen-bond donors (Lipinski definition) is 1.